The van der Waals surface area contributed by atoms with E-state index in [1.54, 1.807) is 20.1 Å². The minimum atomic E-state index is -0.472. The van der Waals surface area contributed by atoms with Gasteiger partial charge >= 0.3 is 0 Å². The summed E-state index contributed by atoms with van der Waals surface area (Å²) in [5, 5.41) is 18.6. The van der Waals surface area contributed by atoms with Crippen LogP contribution in [0.1, 0.15) is 5.56 Å². The number of furan rings is 1. The van der Waals surface area contributed by atoms with Gasteiger partial charge < -0.3 is 19.8 Å². The van der Waals surface area contributed by atoms with Gasteiger partial charge in [0, 0.05) is 34.7 Å². The minimum absolute atomic E-state index is 0.0154. The third-order valence-corrected chi connectivity index (χ3v) is 4.83. The summed E-state index contributed by atoms with van der Waals surface area (Å²) in [6.45, 7) is 1.69. The molecule has 0 spiro atoms. The first kappa shape index (κ1) is 19.3. The van der Waals surface area contributed by atoms with Crippen molar-refractivity contribution in [3.8, 4) is 5.75 Å². The maximum Gasteiger partial charge on any atom is 0.269 e. The lowest BCUT2D eigenvalue weighted by Gasteiger charge is -2.12. The zero-order valence-electron chi connectivity index (χ0n) is 16.4. The van der Waals surface area contributed by atoms with Crippen LogP contribution in [-0.4, -0.2) is 24.5 Å². The molecule has 0 fully saturated rings. The van der Waals surface area contributed by atoms with Gasteiger partial charge in [-0.2, -0.15) is 0 Å². The Balaban J connectivity index is 1.52. The van der Waals surface area contributed by atoms with E-state index >= 15 is 0 Å². The van der Waals surface area contributed by atoms with Crippen LogP contribution < -0.4 is 15.4 Å². The monoisotopic (exact) mass is 405 g/mol. The minimum Gasteiger partial charge on any atom is -0.495 e. The van der Waals surface area contributed by atoms with Gasteiger partial charge in [-0.3, -0.25) is 14.9 Å². The summed E-state index contributed by atoms with van der Waals surface area (Å²) in [7, 11) is 1.56. The summed E-state index contributed by atoms with van der Waals surface area (Å²) in [4.78, 5) is 22.8. The lowest BCUT2D eigenvalue weighted by Crippen LogP contribution is -2.22. The van der Waals surface area contributed by atoms with E-state index < -0.39 is 4.92 Å². The Bertz CT molecular complexity index is 1280. The molecule has 1 heterocycles. The lowest BCUT2D eigenvalue weighted by atomic mass is 10.1. The van der Waals surface area contributed by atoms with Gasteiger partial charge in [0.1, 0.15) is 16.9 Å². The number of benzene rings is 3. The number of carbonyl (C=O) groups excluding carboxylic acids is 1. The molecule has 0 saturated heterocycles. The molecule has 4 rings (SSSR count). The van der Waals surface area contributed by atoms with Gasteiger partial charge in [-0.05, 0) is 30.7 Å². The number of rotatable bonds is 6. The van der Waals surface area contributed by atoms with E-state index in [0.717, 1.165) is 16.4 Å². The van der Waals surface area contributed by atoms with Crippen LogP contribution in [0.2, 0.25) is 0 Å². The van der Waals surface area contributed by atoms with Gasteiger partial charge in [0.25, 0.3) is 5.69 Å². The summed E-state index contributed by atoms with van der Waals surface area (Å²) in [6, 6.07) is 15.7. The number of anilines is 2. The van der Waals surface area contributed by atoms with E-state index in [1.165, 1.54) is 18.2 Å². The van der Waals surface area contributed by atoms with Crippen LogP contribution in [0, 0.1) is 17.0 Å². The first-order valence-corrected chi connectivity index (χ1v) is 9.24. The zero-order chi connectivity index (χ0) is 21.3. The van der Waals surface area contributed by atoms with Crippen molar-refractivity contribution in [2.24, 2.45) is 0 Å². The van der Waals surface area contributed by atoms with Gasteiger partial charge in [-0.25, -0.2) is 0 Å². The number of amides is 1. The van der Waals surface area contributed by atoms with Crippen molar-refractivity contribution < 1.29 is 18.9 Å². The number of para-hydroxylation sites is 1. The molecule has 1 aromatic heterocycles. The summed E-state index contributed by atoms with van der Waals surface area (Å²) < 4.78 is 11.4. The highest BCUT2D eigenvalue weighted by molar-refractivity contribution is 6.07. The number of hydrogen-bond acceptors (Lipinski definition) is 6. The molecule has 8 heteroatoms. The Hall–Kier alpha value is -4.07. The van der Waals surface area contributed by atoms with Crippen molar-refractivity contribution >= 4 is 44.9 Å². The number of ether oxygens (including phenoxy) is 1. The highest BCUT2D eigenvalue weighted by Gasteiger charge is 2.14. The van der Waals surface area contributed by atoms with Gasteiger partial charge in [-0.15, -0.1) is 0 Å². The van der Waals surface area contributed by atoms with Crippen molar-refractivity contribution in [3.63, 3.8) is 0 Å². The second-order valence-corrected chi connectivity index (χ2v) is 6.80. The number of non-ortho nitro benzene ring substituents is 1. The molecule has 0 atom stereocenters. The molecule has 1 amide bonds. The largest absolute Gasteiger partial charge is 0.495 e. The number of nitrogens with zero attached hydrogens (tertiary/aromatic N) is 1. The van der Waals surface area contributed by atoms with Crippen molar-refractivity contribution in [1.82, 2.24) is 0 Å². The smallest absolute Gasteiger partial charge is 0.269 e. The van der Waals surface area contributed by atoms with Crippen molar-refractivity contribution in [2.45, 2.75) is 6.92 Å². The maximum atomic E-state index is 12.4. The van der Waals surface area contributed by atoms with E-state index in [9.17, 15) is 14.9 Å². The molecular formula is C22H19N3O5. The van der Waals surface area contributed by atoms with Crippen molar-refractivity contribution in [2.75, 3.05) is 24.3 Å². The number of fused-ring (bicyclic) bond motifs is 3. The Morgan fingerprint density at radius 3 is 2.60 bits per heavy atom. The summed E-state index contributed by atoms with van der Waals surface area (Å²) in [5.74, 6) is 0.298. The fraction of sp³-hybridized carbons (Fsp3) is 0.136. The standard InChI is InChI=1S/C22H19N3O5/c1-13-9-14(25(27)28)7-8-17(13)24-22(26)12-23-18-11-20-16(10-21(18)29-2)15-5-3-4-6-19(15)30-20/h3-11,23H,12H2,1-2H3,(H,24,26). The summed E-state index contributed by atoms with van der Waals surface area (Å²) in [6.07, 6.45) is 0. The van der Waals surface area contributed by atoms with E-state index in [2.05, 4.69) is 10.6 Å². The summed E-state index contributed by atoms with van der Waals surface area (Å²) in [5.41, 5.74) is 3.20. The molecule has 0 aliphatic rings. The number of nitro groups is 1. The van der Waals surface area contributed by atoms with Gasteiger partial charge in [0.05, 0.1) is 24.3 Å². The molecule has 4 aromatic rings. The zero-order valence-corrected chi connectivity index (χ0v) is 16.4. The molecule has 0 unspecified atom stereocenters. The van der Waals surface area contributed by atoms with Gasteiger partial charge in [-0.1, -0.05) is 18.2 Å². The van der Waals surface area contributed by atoms with E-state index in [0.29, 0.717) is 28.3 Å². The van der Waals surface area contributed by atoms with Gasteiger partial charge in [0.2, 0.25) is 5.91 Å². The number of aryl methyl sites for hydroxylation is 1. The Kier molecular flexibility index (Phi) is 4.97. The third kappa shape index (κ3) is 3.62. The summed E-state index contributed by atoms with van der Waals surface area (Å²) >= 11 is 0. The number of nitro benzene ring substituents is 1. The maximum absolute atomic E-state index is 12.4. The van der Waals surface area contributed by atoms with Crippen LogP contribution in [-0.2, 0) is 4.79 Å². The van der Waals surface area contributed by atoms with Crippen LogP contribution in [0.15, 0.2) is 59.0 Å². The average molecular weight is 405 g/mol. The topological polar surface area (TPSA) is 107 Å². The second-order valence-electron chi connectivity index (χ2n) is 6.80. The van der Waals surface area contributed by atoms with Crippen molar-refractivity contribution in [3.05, 3.63) is 70.3 Å². The number of hydrogen-bond donors (Lipinski definition) is 2. The van der Waals surface area contributed by atoms with Crippen LogP contribution in [0.3, 0.4) is 0 Å². The van der Waals surface area contributed by atoms with Crippen LogP contribution in [0.25, 0.3) is 21.9 Å². The van der Waals surface area contributed by atoms with Crippen molar-refractivity contribution in [1.29, 1.82) is 0 Å². The predicted octanol–water partition coefficient (Wildman–Crippen LogP) is 4.86. The Labute approximate surface area is 171 Å². The molecule has 0 aliphatic carbocycles. The fourth-order valence-electron chi connectivity index (χ4n) is 3.33. The Morgan fingerprint density at radius 1 is 1.07 bits per heavy atom. The molecule has 0 saturated carbocycles. The van der Waals surface area contributed by atoms with Crippen LogP contribution in [0.5, 0.6) is 5.75 Å². The highest BCUT2D eigenvalue weighted by atomic mass is 16.6. The number of nitrogens with one attached hydrogen (secondary N) is 2. The quantitative estimate of drug-likeness (QED) is 0.350. The second kappa shape index (κ2) is 7.75. The molecule has 3 aromatic carbocycles. The molecule has 0 radical (unpaired) electrons. The number of methoxy groups -OCH3 is 1. The first-order valence-electron chi connectivity index (χ1n) is 9.24. The molecule has 152 valence electrons. The van der Waals surface area contributed by atoms with E-state index in [-0.39, 0.29) is 18.1 Å². The average Bonchev–Trinajstić information content (AvgIpc) is 3.10. The number of carbonyl (C=O) groups is 1. The molecule has 0 bridgehead atoms. The van der Waals surface area contributed by atoms with E-state index in [4.69, 9.17) is 9.15 Å². The third-order valence-electron chi connectivity index (χ3n) is 4.83. The van der Waals surface area contributed by atoms with Crippen LogP contribution >= 0.6 is 0 Å². The van der Waals surface area contributed by atoms with Crippen LogP contribution in [0.4, 0.5) is 17.1 Å². The normalized spacial score (nSPS) is 10.9. The lowest BCUT2D eigenvalue weighted by molar-refractivity contribution is -0.384. The predicted molar refractivity (Wildman–Crippen MR) is 115 cm³/mol. The molecular weight excluding hydrogens is 386 g/mol. The first-order chi connectivity index (χ1) is 14.5. The highest BCUT2D eigenvalue weighted by Crippen LogP contribution is 2.36. The molecule has 0 aliphatic heterocycles. The Morgan fingerprint density at radius 2 is 1.87 bits per heavy atom. The van der Waals surface area contributed by atoms with Gasteiger partial charge in [0.15, 0.2) is 0 Å². The van der Waals surface area contributed by atoms with E-state index in [1.807, 2.05) is 30.3 Å². The molecule has 2 N–H and O–H groups in total. The SMILES string of the molecule is COc1cc2c(cc1NCC(=O)Nc1ccc([N+](=O)[O-])cc1C)oc1ccccc12. The fourth-order valence-corrected chi connectivity index (χ4v) is 3.33. The molecule has 30 heavy (non-hydrogen) atoms. The molecule has 8 nitrogen and oxygen atoms in total.